The normalized spacial score (nSPS) is 21.7. The molecule has 1 aromatic carbocycles. The number of hydrogen-bond acceptors (Lipinski definition) is 5. The summed E-state index contributed by atoms with van der Waals surface area (Å²) in [7, 11) is 2.17. The van der Waals surface area contributed by atoms with Gasteiger partial charge in [0.15, 0.2) is 11.5 Å². The van der Waals surface area contributed by atoms with E-state index in [-0.39, 0.29) is 11.8 Å². The van der Waals surface area contributed by atoms with Crippen LogP contribution in [0.25, 0.3) is 0 Å². The number of aromatic hydroxyl groups is 1. The zero-order valence-corrected chi connectivity index (χ0v) is 14.0. The molecule has 1 saturated heterocycles. The van der Waals surface area contributed by atoms with Gasteiger partial charge in [0, 0.05) is 38.3 Å². The summed E-state index contributed by atoms with van der Waals surface area (Å²) in [6.45, 7) is 8.40. The Kier molecular flexibility index (Phi) is 6.06. The van der Waals surface area contributed by atoms with Crippen LogP contribution in [0.5, 0.6) is 11.5 Å². The number of phenolic OH excluding ortho intramolecular Hbond substituents is 1. The van der Waals surface area contributed by atoms with Gasteiger partial charge in [-0.25, -0.2) is 0 Å². The Morgan fingerprint density at radius 3 is 2.77 bits per heavy atom. The Hall–Kier alpha value is -1.30. The summed E-state index contributed by atoms with van der Waals surface area (Å²) in [6, 6.07) is 6.28. The van der Waals surface area contributed by atoms with Crippen LogP contribution in [0.1, 0.15) is 31.9 Å². The first-order valence-electron chi connectivity index (χ1n) is 8.20. The van der Waals surface area contributed by atoms with Gasteiger partial charge in [0.25, 0.3) is 0 Å². The molecule has 1 heterocycles. The van der Waals surface area contributed by atoms with E-state index in [0.29, 0.717) is 24.9 Å². The summed E-state index contributed by atoms with van der Waals surface area (Å²) in [4.78, 5) is 4.88. The molecular weight excluding hydrogens is 278 g/mol. The van der Waals surface area contributed by atoms with Crippen molar-refractivity contribution in [3.63, 3.8) is 0 Å². The van der Waals surface area contributed by atoms with Crippen molar-refractivity contribution in [3.05, 3.63) is 23.8 Å². The molecule has 2 rings (SSSR count). The van der Waals surface area contributed by atoms with Crippen LogP contribution >= 0.6 is 0 Å². The van der Waals surface area contributed by atoms with Crippen molar-refractivity contribution in [2.24, 2.45) is 5.73 Å². The minimum Gasteiger partial charge on any atom is -0.504 e. The first-order valence-corrected chi connectivity index (χ1v) is 8.20. The second-order valence-electron chi connectivity index (χ2n) is 5.97. The molecular formula is C17H29N3O2. The van der Waals surface area contributed by atoms with Gasteiger partial charge in [-0.15, -0.1) is 0 Å². The fraction of sp³-hybridized carbons (Fsp3) is 0.647. The van der Waals surface area contributed by atoms with Crippen molar-refractivity contribution < 1.29 is 9.84 Å². The van der Waals surface area contributed by atoms with Crippen LogP contribution in [0.4, 0.5) is 0 Å². The lowest BCUT2D eigenvalue weighted by molar-refractivity contribution is 0.0520. The lowest BCUT2D eigenvalue weighted by Gasteiger charge is -2.44. The van der Waals surface area contributed by atoms with E-state index in [1.165, 1.54) is 0 Å². The van der Waals surface area contributed by atoms with Gasteiger partial charge in [-0.1, -0.05) is 13.0 Å². The van der Waals surface area contributed by atoms with Crippen molar-refractivity contribution in [1.29, 1.82) is 0 Å². The number of hydrogen-bond donors (Lipinski definition) is 2. The second kappa shape index (κ2) is 7.81. The summed E-state index contributed by atoms with van der Waals surface area (Å²) >= 11 is 0. The molecule has 0 spiro atoms. The van der Waals surface area contributed by atoms with Crippen LogP contribution in [-0.4, -0.2) is 60.8 Å². The Morgan fingerprint density at radius 1 is 1.36 bits per heavy atom. The van der Waals surface area contributed by atoms with Crippen LogP contribution < -0.4 is 10.5 Å². The standard InChI is InChI=1S/C17H29N3O2/c1-4-14-12-19(3)8-9-20(14)15(11-18)13-6-7-16(21)17(10-13)22-5-2/h6-7,10,14-15,21H,4-5,8-9,11-12,18H2,1-3H3. The molecule has 1 aromatic rings. The summed E-state index contributed by atoms with van der Waals surface area (Å²) < 4.78 is 5.51. The predicted octanol–water partition coefficient (Wildman–Crippen LogP) is 1.82. The topological polar surface area (TPSA) is 62.0 Å². The molecule has 1 aliphatic heterocycles. The quantitative estimate of drug-likeness (QED) is 0.839. The van der Waals surface area contributed by atoms with Crippen LogP contribution in [0.3, 0.4) is 0 Å². The maximum absolute atomic E-state index is 9.89. The summed E-state index contributed by atoms with van der Waals surface area (Å²) in [5.74, 6) is 0.729. The molecule has 0 amide bonds. The van der Waals surface area contributed by atoms with E-state index in [1.54, 1.807) is 6.07 Å². The average Bonchev–Trinajstić information content (AvgIpc) is 2.52. The molecule has 22 heavy (non-hydrogen) atoms. The van der Waals surface area contributed by atoms with Gasteiger partial charge in [0.2, 0.25) is 0 Å². The number of nitrogens with two attached hydrogens (primary N) is 1. The molecule has 1 fully saturated rings. The lowest BCUT2D eigenvalue weighted by Crippen LogP contribution is -2.53. The van der Waals surface area contributed by atoms with Gasteiger partial charge in [-0.05, 0) is 38.1 Å². The average molecular weight is 307 g/mol. The van der Waals surface area contributed by atoms with Crippen molar-refractivity contribution >= 4 is 0 Å². The number of likely N-dealkylation sites (N-methyl/N-ethyl adjacent to an activating group) is 1. The monoisotopic (exact) mass is 307 g/mol. The number of piperazine rings is 1. The van der Waals surface area contributed by atoms with E-state index < -0.39 is 0 Å². The Labute approximate surface area is 133 Å². The zero-order chi connectivity index (χ0) is 16.1. The highest BCUT2D eigenvalue weighted by Crippen LogP contribution is 2.32. The van der Waals surface area contributed by atoms with Crippen molar-refractivity contribution in [2.75, 3.05) is 39.8 Å². The molecule has 5 heteroatoms. The van der Waals surface area contributed by atoms with Crippen molar-refractivity contribution in [2.45, 2.75) is 32.4 Å². The molecule has 0 saturated carbocycles. The fourth-order valence-electron chi connectivity index (χ4n) is 3.27. The minimum absolute atomic E-state index is 0.165. The molecule has 3 N–H and O–H groups in total. The maximum atomic E-state index is 9.89. The molecule has 2 atom stereocenters. The van der Waals surface area contributed by atoms with Gasteiger partial charge in [-0.3, -0.25) is 4.90 Å². The molecule has 1 aliphatic rings. The molecule has 0 bridgehead atoms. The Bertz CT molecular complexity index is 481. The number of rotatable bonds is 6. The van der Waals surface area contributed by atoms with Crippen molar-refractivity contribution in [1.82, 2.24) is 9.80 Å². The highest BCUT2D eigenvalue weighted by molar-refractivity contribution is 5.43. The maximum Gasteiger partial charge on any atom is 0.161 e. The highest BCUT2D eigenvalue weighted by Gasteiger charge is 2.30. The van der Waals surface area contributed by atoms with Gasteiger partial charge in [-0.2, -0.15) is 0 Å². The van der Waals surface area contributed by atoms with E-state index in [0.717, 1.165) is 31.6 Å². The van der Waals surface area contributed by atoms with Crippen LogP contribution in [-0.2, 0) is 0 Å². The Balaban J connectivity index is 2.25. The molecule has 2 unspecified atom stereocenters. The van der Waals surface area contributed by atoms with E-state index in [4.69, 9.17) is 10.5 Å². The SMILES string of the molecule is CCOc1cc(C(CN)N2CCN(C)CC2CC)ccc1O. The van der Waals surface area contributed by atoms with E-state index in [9.17, 15) is 5.11 Å². The molecule has 5 nitrogen and oxygen atoms in total. The zero-order valence-electron chi connectivity index (χ0n) is 14.0. The number of phenols is 1. The third-order valence-corrected chi connectivity index (χ3v) is 4.49. The molecule has 0 aromatic heterocycles. The fourth-order valence-corrected chi connectivity index (χ4v) is 3.27. The molecule has 124 valence electrons. The smallest absolute Gasteiger partial charge is 0.161 e. The van der Waals surface area contributed by atoms with E-state index in [1.807, 2.05) is 19.1 Å². The van der Waals surface area contributed by atoms with Crippen LogP contribution in [0.2, 0.25) is 0 Å². The van der Waals surface area contributed by atoms with Gasteiger partial charge >= 0.3 is 0 Å². The summed E-state index contributed by atoms with van der Waals surface area (Å²) in [5.41, 5.74) is 7.21. The second-order valence-corrected chi connectivity index (χ2v) is 5.97. The first kappa shape index (κ1) is 17.1. The van der Waals surface area contributed by atoms with Gasteiger partial charge in [0.05, 0.1) is 6.61 Å². The van der Waals surface area contributed by atoms with Gasteiger partial charge < -0.3 is 20.5 Å². The van der Waals surface area contributed by atoms with Gasteiger partial charge in [0.1, 0.15) is 0 Å². The molecule has 0 aliphatic carbocycles. The third-order valence-electron chi connectivity index (χ3n) is 4.49. The van der Waals surface area contributed by atoms with E-state index >= 15 is 0 Å². The third kappa shape index (κ3) is 3.72. The largest absolute Gasteiger partial charge is 0.504 e. The summed E-state index contributed by atoms with van der Waals surface area (Å²) in [6.07, 6.45) is 1.11. The molecule has 0 radical (unpaired) electrons. The predicted molar refractivity (Wildman–Crippen MR) is 89.4 cm³/mol. The number of ether oxygens (including phenoxy) is 1. The number of nitrogens with zero attached hydrogens (tertiary/aromatic N) is 2. The van der Waals surface area contributed by atoms with Crippen LogP contribution in [0.15, 0.2) is 18.2 Å². The lowest BCUT2D eigenvalue weighted by atomic mass is 9.99. The first-order chi connectivity index (χ1) is 10.6. The summed E-state index contributed by atoms with van der Waals surface area (Å²) in [5, 5.41) is 9.89. The Morgan fingerprint density at radius 2 is 2.14 bits per heavy atom. The number of benzene rings is 1. The van der Waals surface area contributed by atoms with Crippen LogP contribution in [0, 0.1) is 0 Å². The highest BCUT2D eigenvalue weighted by atomic mass is 16.5. The minimum atomic E-state index is 0.165. The van der Waals surface area contributed by atoms with Crippen molar-refractivity contribution in [3.8, 4) is 11.5 Å². The van der Waals surface area contributed by atoms with E-state index in [2.05, 4.69) is 23.8 Å².